The SMILES string of the molecule is O=C1C[CH]NC(=O)N1. The maximum Gasteiger partial charge on any atom is 0.321 e. The second-order valence-electron chi connectivity index (χ2n) is 1.43. The van der Waals surface area contributed by atoms with Gasteiger partial charge in [-0.1, -0.05) is 0 Å². The van der Waals surface area contributed by atoms with Gasteiger partial charge in [-0.05, 0) is 0 Å². The maximum absolute atomic E-state index is 10.3. The lowest BCUT2D eigenvalue weighted by atomic mass is 10.3. The van der Waals surface area contributed by atoms with E-state index in [2.05, 4.69) is 10.6 Å². The van der Waals surface area contributed by atoms with Gasteiger partial charge in [-0.25, -0.2) is 4.79 Å². The number of carbonyl (C=O) groups excluding carboxylic acids is 2. The van der Waals surface area contributed by atoms with Crippen LogP contribution in [0.4, 0.5) is 4.79 Å². The van der Waals surface area contributed by atoms with Crippen LogP contribution in [0.15, 0.2) is 0 Å². The van der Waals surface area contributed by atoms with Crippen LogP contribution in [0.2, 0.25) is 0 Å². The summed E-state index contributed by atoms with van der Waals surface area (Å²) in [5, 5.41) is 4.38. The Balaban J connectivity index is 2.45. The lowest BCUT2D eigenvalue weighted by Crippen LogP contribution is -2.43. The largest absolute Gasteiger partial charge is 0.332 e. The zero-order valence-corrected chi connectivity index (χ0v) is 4.10. The Morgan fingerprint density at radius 3 is 2.62 bits per heavy atom. The molecule has 0 atom stereocenters. The van der Waals surface area contributed by atoms with Gasteiger partial charge in [0.2, 0.25) is 5.91 Å². The van der Waals surface area contributed by atoms with Crippen LogP contribution < -0.4 is 10.6 Å². The molecule has 1 aliphatic rings. The van der Waals surface area contributed by atoms with E-state index in [1.165, 1.54) is 6.54 Å². The van der Waals surface area contributed by atoms with Gasteiger partial charge < -0.3 is 5.32 Å². The molecule has 0 aromatic heterocycles. The van der Waals surface area contributed by atoms with Crippen LogP contribution in [0.25, 0.3) is 0 Å². The predicted octanol–water partition coefficient (Wildman–Crippen LogP) is -0.622. The van der Waals surface area contributed by atoms with Gasteiger partial charge in [0.15, 0.2) is 0 Å². The van der Waals surface area contributed by atoms with Gasteiger partial charge >= 0.3 is 6.03 Å². The fourth-order valence-corrected chi connectivity index (χ4v) is 0.450. The Labute approximate surface area is 46.3 Å². The zero-order chi connectivity index (χ0) is 5.98. The Morgan fingerprint density at radius 2 is 2.25 bits per heavy atom. The number of urea groups is 1. The molecule has 0 saturated carbocycles. The fourth-order valence-electron chi connectivity index (χ4n) is 0.450. The molecule has 0 spiro atoms. The summed E-state index contributed by atoms with van der Waals surface area (Å²) in [5.74, 6) is -0.256. The first-order valence-corrected chi connectivity index (χ1v) is 2.21. The standard InChI is InChI=1S/C4H5N2O2/c7-3-1-2-5-4(8)6-3/h2H,1H2,(H2,5,6,7,8). The summed E-state index contributed by atoms with van der Waals surface area (Å²) in [4.78, 5) is 20.5. The highest BCUT2D eigenvalue weighted by Gasteiger charge is 2.12. The molecular formula is C4H5N2O2. The molecule has 3 amide bonds. The number of rotatable bonds is 0. The van der Waals surface area contributed by atoms with Crippen molar-refractivity contribution in [3.05, 3.63) is 6.54 Å². The molecule has 0 aliphatic carbocycles. The smallest absolute Gasteiger partial charge is 0.321 e. The number of nitrogens with one attached hydrogen (secondary N) is 2. The van der Waals surface area contributed by atoms with Gasteiger partial charge in [-0.15, -0.1) is 0 Å². The second-order valence-corrected chi connectivity index (χ2v) is 1.43. The first kappa shape index (κ1) is 5.08. The lowest BCUT2D eigenvalue weighted by molar-refractivity contribution is -0.119. The van der Waals surface area contributed by atoms with Crippen molar-refractivity contribution in [1.29, 1.82) is 0 Å². The normalized spacial score (nSPS) is 19.5. The summed E-state index contributed by atoms with van der Waals surface area (Å²) in [7, 11) is 0. The van der Waals surface area contributed by atoms with E-state index in [0.29, 0.717) is 0 Å². The third-order valence-corrected chi connectivity index (χ3v) is 0.774. The van der Waals surface area contributed by atoms with Crippen molar-refractivity contribution >= 4 is 11.9 Å². The van der Waals surface area contributed by atoms with Crippen LogP contribution in [0.3, 0.4) is 0 Å². The van der Waals surface area contributed by atoms with Gasteiger partial charge in [-0.2, -0.15) is 0 Å². The molecule has 4 heteroatoms. The summed E-state index contributed by atoms with van der Waals surface area (Å²) < 4.78 is 0. The Bertz CT molecular complexity index is 118. The number of carbonyl (C=O) groups is 2. The van der Waals surface area contributed by atoms with Gasteiger partial charge in [0.1, 0.15) is 0 Å². The van der Waals surface area contributed by atoms with E-state index in [0.717, 1.165) is 0 Å². The van der Waals surface area contributed by atoms with Crippen molar-refractivity contribution in [2.45, 2.75) is 6.42 Å². The quantitative estimate of drug-likeness (QED) is 0.439. The van der Waals surface area contributed by atoms with Gasteiger partial charge in [0, 0.05) is 6.42 Å². The third kappa shape index (κ3) is 0.959. The first-order chi connectivity index (χ1) is 3.79. The summed E-state index contributed by atoms with van der Waals surface area (Å²) in [6, 6.07) is -0.443. The first-order valence-electron chi connectivity index (χ1n) is 2.21. The van der Waals surface area contributed by atoms with E-state index in [9.17, 15) is 9.59 Å². The molecule has 0 unspecified atom stereocenters. The van der Waals surface area contributed by atoms with Crippen LogP contribution in [-0.4, -0.2) is 11.9 Å². The molecule has 1 aliphatic heterocycles. The van der Waals surface area contributed by atoms with Crippen molar-refractivity contribution in [2.24, 2.45) is 0 Å². The average molecular weight is 113 g/mol. The van der Waals surface area contributed by atoms with E-state index in [4.69, 9.17) is 0 Å². The highest BCUT2D eigenvalue weighted by molar-refractivity contribution is 5.97. The summed E-state index contributed by atoms with van der Waals surface area (Å²) in [6.07, 6.45) is 0.270. The number of imide groups is 1. The lowest BCUT2D eigenvalue weighted by Gasteiger charge is -2.09. The highest BCUT2D eigenvalue weighted by Crippen LogP contribution is 1.87. The summed E-state index contributed by atoms with van der Waals surface area (Å²) >= 11 is 0. The molecule has 1 heterocycles. The van der Waals surface area contributed by atoms with E-state index >= 15 is 0 Å². The van der Waals surface area contributed by atoms with Gasteiger partial charge in [-0.3, -0.25) is 10.1 Å². The van der Waals surface area contributed by atoms with Crippen LogP contribution >= 0.6 is 0 Å². The molecule has 0 bridgehead atoms. The molecule has 2 N–H and O–H groups in total. The van der Waals surface area contributed by atoms with Crippen molar-refractivity contribution < 1.29 is 9.59 Å². The van der Waals surface area contributed by atoms with E-state index in [1.807, 2.05) is 0 Å². The molecule has 8 heavy (non-hydrogen) atoms. The molecule has 0 aromatic carbocycles. The zero-order valence-electron chi connectivity index (χ0n) is 4.10. The third-order valence-electron chi connectivity index (χ3n) is 0.774. The van der Waals surface area contributed by atoms with Gasteiger partial charge in [0.05, 0.1) is 6.54 Å². The molecule has 1 rings (SSSR count). The maximum atomic E-state index is 10.3. The predicted molar refractivity (Wildman–Crippen MR) is 25.6 cm³/mol. The van der Waals surface area contributed by atoms with Crippen LogP contribution in [-0.2, 0) is 4.79 Å². The average Bonchev–Trinajstić information content (AvgIpc) is 1.64. The molecule has 1 saturated heterocycles. The molecule has 1 radical (unpaired) electrons. The summed E-state index contributed by atoms with van der Waals surface area (Å²) in [5.41, 5.74) is 0. The van der Waals surface area contributed by atoms with Gasteiger partial charge in [0.25, 0.3) is 0 Å². The molecule has 0 aromatic rings. The number of amides is 3. The molecule has 4 nitrogen and oxygen atoms in total. The van der Waals surface area contributed by atoms with Crippen molar-refractivity contribution in [3.63, 3.8) is 0 Å². The Kier molecular flexibility index (Phi) is 1.15. The van der Waals surface area contributed by atoms with Crippen LogP contribution in [0.1, 0.15) is 6.42 Å². The minimum atomic E-state index is -0.443. The van der Waals surface area contributed by atoms with Crippen molar-refractivity contribution in [2.75, 3.05) is 0 Å². The highest BCUT2D eigenvalue weighted by atomic mass is 16.2. The minimum absolute atomic E-state index is 0.256. The fraction of sp³-hybridized carbons (Fsp3) is 0.250. The second kappa shape index (κ2) is 1.81. The summed E-state index contributed by atoms with van der Waals surface area (Å²) in [6.45, 7) is 1.42. The van der Waals surface area contributed by atoms with Crippen LogP contribution in [0.5, 0.6) is 0 Å². The number of hydrogen-bond donors (Lipinski definition) is 2. The monoisotopic (exact) mass is 113 g/mol. The van der Waals surface area contributed by atoms with E-state index < -0.39 is 6.03 Å². The topological polar surface area (TPSA) is 58.2 Å². The van der Waals surface area contributed by atoms with Crippen LogP contribution in [0, 0.1) is 6.54 Å². The van der Waals surface area contributed by atoms with E-state index in [1.54, 1.807) is 0 Å². The molecule has 1 fully saturated rings. The Hall–Kier alpha value is -1.06. The molecule has 43 valence electrons. The number of hydrogen-bond acceptors (Lipinski definition) is 2. The van der Waals surface area contributed by atoms with Crippen molar-refractivity contribution in [3.8, 4) is 0 Å². The van der Waals surface area contributed by atoms with E-state index in [-0.39, 0.29) is 12.3 Å². The van der Waals surface area contributed by atoms with Crippen molar-refractivity contribution in [1.82, 2.24) is 10.6 Å². The molecular weight excluding hydrogens is 108 g/mol. The minimum Gasteiger partial charge on any atom is -0.332 e. The Morgan fingerprint density at radius 1 is 1.50 bits per heavy atom.